The summed E-state index contributed by atoms with van der Waals surface area (Å²) in [5.41, 5.74) is 0. The lowest BCUT2D eigenvalue weighted by atomic mass is 9.99. The highest BCUT2D eigenvalue weighted by Gasteiger charge is 2.33. The summed E-state index contributed by atoms with van der Waals surface area (Å²) in [6.45, 7) is 5.52. The van der Waals surface area contributed by atoms with E-state index in [4.69, 9.17) is 4.74 Å². The SMILES string of the molecule is Cn1nncc1S(=O)(=O)N1CCCC(CN2CCOCC2)C1. The molecule has 1 atom stereocenters. The van der Waals surface area contributed by atoms with E-state index in [0.29, 0.717) is 19.0 Å². The van der Waals surface area contributed by atoms with Crippen molar-refractivity contribution in [2.75, 3.05) is 45.9 Å². The van der Waals surface area contributed by atoms with Gasteiger partial charge in [-0.15, -0.1) is 5.10 Å². The molecule has 0 aliphatic carbocycles. The maximum absolute atomic E-state index is 12.7. The lowest BCUT2D eigenvalue weighted by Gasteiger charge is -2.36. The molecule has 1 aromatic heterocycles. The van der Waals surface area contributed by atoms with Gasteiger partial charge in [-0.25, -0.2) is 13.1 Å². The highest BCUT2D eigenvalue weighted by Crippen LogP contribution is 2.23. The minimum atomic E-state index is -3.50. The van der Waals surface area contributed by atoms with E-state index in [2.05, 4.69) is 15.2 Å². The van der Waals surface area contributed by atoms with E-state index < -0.39 is 10.0 Å². The molecule has 1 aromatic rings. The van der Waals surface area contributed by atoms with Gasteiger partial charge in [-0.05, 0) is 18.8 Å². The molecule has 0 spiro atoms. The van der Waals surface area contributed by atoms with Crippen molar-refractivity contribution < 1.29 is 13.2 Å². The van der Waals surface area contributed by atoms with Crippen molar-refractivity contribution >= 4 is 10.0 Å². The molecule has 3 rings (SSSR count). The number of morpholine rings is 1. The molecule has 124 valence electrons. The van der Waals surface area contributed by atoms with Gasteiger partial charge in [0.25, 0.3) is 10.0 Å². The van der Waals surface area contributed by atoms with Gasteiger partial charge in [0, 0.05) is 39.8 Å². The molecule has 0 aromatic carbocycles. The summed E-state index contributed by atoms with van der Waals surface area (Å²) in [6.07, 6.45) is 3.30. The van der Waals surface area contributed by atoms with Gasteiger partial charge in [0.2, 0.25) is 0 Å². The second kappa shape index (κ2) is 6.61. The van der Waals surface area contributed by atoms with Crippen LogP contribution in [0.2, 0.25) is 0 Å². The van der Waals surface area contributed by atoms with E-state index in [1.54, 1.807) is 11.4 Å². The third-order valence-corrected chi connectivity index (χ3v) is 6.29. The number of nitrogens with zero attached hydrogens (tertiary/aromatic N) is 5. The van der Waals surface area contributed by atoms with Crippen molar-refractivity contribution in [1.29, 1.82) is 0 Å². The van der Waals surface area contributed by atoms with Crippen molar-refractivity contribution in [3.8, 4) is 0 Å². The topological polar surface area (TPSA) is 80.6 Å². The minimum absolute atomic E-state index is 0.166. The number of sulfonamides is 1. The summed E-state index contributed by atoms with van der Waals surface area (Å²) in [5.74, 6) is 0.378. The van der Waals surface area contributed by atoms with Gasteiger partial charge in [0.05, 0.1) is 19.4 Å². The summed E-state index contributed by atoms with van der Waals surface area (Å²) in [4.78, 5) is 2.37. The Balaban J connectivity index is 1.66. The summed E-state index contributed by atoms with van der Waals surface area (Å²) in [5, 5.41) is 7.58. The summed E-state index contributed by atoms with van der Waals surface area (Å²) in [6, 6.07) is 0. The first-order valence-electron chi connectivity index (χ1n) is 7.72. The van der Waals surface area contributed by atoms with Gasteiger partial charge in [-0.1, -0.05) is 5.21 Å². The Morgan fingerprint density at radius 1 is 1.32 bits per heavy atom. The number of ether oxygens (including phenoxy) is 1. The van der Waals surface area contributed by atoms with Crippen LogP contribution in [0.1, 0.15) is 12.8 Å². The van der Waals surface area contributed by atoms with E-state index in [1.165, 1.54) is 10.9 Å². The third-order valence-electron chi connectivity index (χ3n) is 4.38. The standard InChI is InChI=1S/C13H23N5O3S/c1-16-13(9-14-15-16)22(19,20)18-4-2-3-12(11-18)10-17-5-7-21-8-6-17/h9,12H,2-8,10-11H2,1H3. The van der Waals surface area contributed by atoms with Crippen LogP contribution in [-0.4, -0.2) is 78.6 Å². The smallest absolute Gasteiger partial charge is 0.261 e. The molecule has 2 aliphatic heterocycles. The first kappa shape index (κ1) is 15.9. The van der Waals surface area contributed by atoms with E-state index in [1.807, 2.05) is 0 Å². The van der Waals surface area contributed by atoms with Crippen LogP contribution in [0.3, 0.4) is 0 Å². The molecule has 0 saturated carbocycles. The molecule has 0 amide bonds. The van der Waals surface area contributed by atoms with Crippen LogP contribution in [0.5, 0.6) is 0 Å². The van der Waals surface area contributed by atoms with Crippen molar-refractivity contribution in [1.82, 2.24) is 24.2 Å². The van der Waals surface area contributed by atoms with E-state index in [0.717, 1.165) is 45.7 Å². The normalized spacial score (nSPS) is 25.4. The highest BCUT2D eigenvalue weighted by molar-refractivity contribution is 7.89. The second-order valence-corrected chi connectivity index (χ2v) is 7.86. The largest absolute Gasteiger partial charge is 0.379 e. The second-order valence-electron chi connectivity index (χ2n) is 5.98. The predicted octanol–water partition coefficient (Wildman–Crippen LogP) is -0.452. The average Bonchev–Trinajstić information content (AvgIpc) is 2.95. The summed E-state index contributed by atoms with van der Waals surface area (Å²) in [7, 11) is -1.89. The van der Waals surface area contributed by atoms with Gasteiger partial charge in [0.15, 0.2) is 5.03 Å². The zero-order chi connectivity index (χ0) is 15.6. The zero-order valence-electron chi connectivity index (χ0n) is 12.9. The van der Waals surface area contributed by atoms with Crippen LogP contribution in [0.4, 0.5) is 0 Å². The molecule has 2 saturated heterocycles. The molecular formula is C13H23N5O3S. The molecule has 22 heavy (non-hydrogen) atoms. The fraction of sp³-hybridized carbons (Fsp3) is 0.846. The van der Waals surface area contributed by atoms with Crippen LogP contribution in [0.25, 0.3) is 0 Å². The molecular weight excluding hydrogens is 306 g/mol. The van der Waals surface area contributed by atoms with Gasteiger partial charge in [-0.3, -0.25) is 4.90 Å². The molecule has 0 bridgehead atoms. The molecule has 0 N–H and O–H groups in total. The maximum Gasteiger partial charge on any atom is 0.261 e. The summed E-state index contributed by atoms with van der Waals surface area (Å²) >= 11 is 0. The number of piperidine rings is 1. The van der Waals surface area contributed by atoms with Crippen molar-refractivity contribution in [3.05, 3.63) is 6.20 Å². The van der Waals surface area contributed by atoms with Crippen molar-refractivity contribution in [2.24, 2.45) is 13.0 Å². The van der Waals surface area contributed by atoms with Crippen LogP contribution >= 0.6 is 0 Å². The first-order valence-corrected chi connectivity index (χ1v) is 9.16. The fourth-order valence-corrected chi connectivity index (χ4v) is 4.78. The minimum Gasteiger partial charge on any atom is -0.379 e. The summed E-state index contributed by atoms with van der Waals surface area (Å²) < 4.78 is 33.7. The molecule has 8 nitrogen and oxygen atoms in total. The van der Waals surface area contributed by atoms with Gasteiger partial charge in [0.1, 0.15) is 0 Å². The molecule has 0 radical (unpaired) electrons. The molecule has 9 heteroatoms. The van der Waals surface area contributed by atoms with E-state index in [9.17, 15) is 8.42 Å². The van der Waals surface area contributed by atoms with Crippen LogP contribution < -0.4 is 0 Å². The molecule has 3 heterocycles. The van der Waals surface area contributed by atoms with Gasteiger partial charge < -0.3 is 4.74 Å². The molecule has 1 unspecified atom stereocenters. The van der Waals surface area contributed by atoms with Crippen LogP contribution in [0, 0.1) is 5.92 Å². The molecule has 2 aliphatic rings. The van der Waals surface area contributed by atoms with E-state index >= 15 is 0 Å². The maximum atomic E-state index is 12.7. The van der Waals surface area contributed by atoms with Crippen molar-refractivity contribution in [2.45, 2.75) is 17.9 Å². The van der Waals surface area contributed by atoms with Crippen LogP contribution in [0.15, 0.2) is 11.2 Å². The number of hydrogen-bond acceptors (Lipinski definition) is 6. The molecule has 2 fully saturated rings. The van der Waals surface area contributed by atoms with Crippen LogP contribution in [-0.2, 0) is 21.8 Å². The van der Waals surface area contributed by atoms with Crippen molar-refractivity contribution in [3.63, 3.8) is 0 Å². The van der Waals surface area contributed by atoms with Gasteiger partial charge in [-0.2, -0.15) is 4.31 Å². The number of rotatable bonds is 4. The fourth-order valence-electron chi connectivity index (χ4n) is 3.19. The lowest BCUT2D eigenvalue weighted by Crippen LogP contribution is -2.46. The lowest BCUT2D eigenvalue weighted by molar-refractivity contribution is 0.0265. The monoisotopic (exact) mass is 329 g/mol. The Kier molecular flexibility index (Phi) is 4.76. The average molecular weight is 329 g/mol. The Morgan fingerprint density at radius 3 is 2.77 bits per heavy atom. The zero-order valence-corrected chi connectivity index (χ0v) is 13.7. The number of aromatic nitrogens is 3. The third kappa shape index (κ3) is 3.32. The predicted molar refractivity (Wildman–Crippen MR) is 79.7 cm³/mol. The number of aryl methyl sites for hydroxylation is 1. The van der Waals surface area contributed by atoms with Gasteiger partial charge >= 0.3 is 0 Å². The number of hydrogen-bond donors (Lipinski definition) is 0. The Hall–Kier alpha value is -1.03. The highest BCUT2D eigenvalue weighted by atomic mass is 32.2. The first-order chi connectivity index (χ1) is 10.6. The van der Waals surface area contributed by atoms with E-state index in [-0.39, 0.29) is 5.03 Å². The quantitative estimate of drug-likeness (QED) is 0.744. The Morgan fingerprint density at radius 2 is 2.09 bits per heavy atom. The Bertz CT molecular complexity index is 597. The Labute approximate surface area is 131 Å².